The van der Waals surface area contributed by atoms with Crippen molar-refractivity contribution in [2.75, 3.05) is 0 Å². The van der Waals surface area contributed by atoms with Gasteiger partial charge in [-0.15, -0.1) is 0 Å². The molecular formula is C58H54. The van der Waals surface area contributed by atoms with Crippen LogP contribution in [0.5, 0.6) is 0 Å². The zero-order valence-electron chi connectivity index (χ0n) is 34.9. The molecule has 0 aliphatic heterocycles. The molecule has 0 aromatic heterocycles. The van der Waals surface area contributed by atoms with Crippen molar-refractivity contribution in [3.63, 3.8) is 0 Å². The van der Waals surface area contributed by atoms with Gasteiger partial charge in [0.2, 0.25) is 0 Å². The van der Waals surface area contributed by atoms with Crippen molar-refractivity contribution in [3.05, 3.63) is 248 Å². The highest BCUT2D eigenvalue weighted by Gasteiger charge is 2.13. The van der Waals surface area contributed by atoms with Gasteiger partial charge >= 0.3 is 0 Å². The molecule has 0 aliphatic rings. The minimum Gasteiger partial charge on any atom is -0.0622 e. The van der Waals surface area contributed by atoms with Gasteiger partial charge in [0, 0.05) is 0 Å². The predicted octanol–water partition coefficient (Wildman–Crippen LogP) is 15.6. The van der Waals surface area contributed by atoms with E-state index >= 15 is 0 Å². The molecule has 0 radical (unpaired) electrons. The van der Waals surface area contributed by atoms with Gasteiger partial charge in [0.25, 0.3) is 0 Å². The van der Waals surface area contributed by atoms with Gasteiger partial charge in [-0.3, -0.25) is 0 Å². The third-order valence-corrected chi connectivity index (χ3v) is 11.6. The summed E-state index contributed by atoms with van der Waals surface area (Å²) in [6, 6.07) is 57.2. The van der Waals surface area contributed by atoms with Crippen molar-refractivity contribution in [2.45, 2.75) is 54.4 Å². The van der Waals surface area contributed by atoms with E-state index in [1.54, 1.807) is 0 Å². The van der Waals surface area contributed by atoms with E-state index in [0.29, 0.717) is 0 Å². The fourth-order valence-electron chi connectivity index (χ4n) is 7.63. The molecule has 0 amide bonds. The third kappa shape index (κ3) is 9.71. The van der Waals surface area contributed by atoms with E-state index in [-0.39, 0.29) is 0 Å². The van der Waals surface area contributed by atoms with Crippen molar-refractivity contribution >= 4 is 23.8 Å². The SMILES string of the molecule is CCc1cc(Cc2ccccc2)ccc1C=CC(C=Cc1ccc(-c2ccc(C)cc2)cc1)=C(C=Cc1ccc(-c2ccccc2)cc1)c1cc(C)c(C)c(C)c1C. The quantitative estimate of drug-likeness (QED) is 0.109. The zero-order chi connectivity index (χ0) is 40.4. The summed E-state index contributed by atoms with van der Waals surface area (Å²) >= 11 is 0. The van der Waals surface area contributed by atoms with Gasteiger partial charge in [0.05, 0.1) is 0 Å². The molecule has 0 fully saturated rings. The van der Waals surface area contributed by atoms with Crippen LogP contribution in [-0.4, -0.2) is 0 Å². The van der Waals surface area contributed by atoms with Crippen molar-refractivity contribution in [1.29, 1.82) is 0 Å². The van der Waals surface area contributed by atoms with E-state index in [4.69, 9.17) is 0 Å². The van der Waals surface area contributed by atoms with Gasteiger partial charge in [-0.05, 0) is 142 Å². The van der Waals surface area contributed by atoms with Gasteiger partial charge in [-0.2, -0.15) is 0 Å². The van der Waals surface area contributed by atoms with Gasteiger partial charge in [0.15, 0.2) is 0 Å². The molecule has 0 unspecified atom stereocenters. The Morgan fingerprint density at radius 2 is 0.983 bits per heavy atom. The maximum Gasteiger partial charge on any atom is -0.00257 e. The van der Waals surface area contributed by atoms with Crippen LogP contribution in [-0.2, 0) is 12.8 Å². The molecule has 0 heterocycles. The summed E-state index contributed by atoms with van der Waals surface area (Å²) in [5.74, 6) is 0. The van der Waals surface area contributed by atoms with Crippen LogP contribution in [0.2, 0.25) is 0 Å². The van der Waals surface area contributed by atoms with Crippen LogP contribution in [0.1, 0.15) is 73.7 Å². The van der Waals surface area contributed by atoms with Crippen molar-refractivity contribution in [2.24, 2.45) is 0 Å². The molecule has 7 aromatic carbocycles. The van der Waals surface area contributed by atoms with Crippen LogP contribution in [0.25, 0.3) is 46.1 Å². The third-order valence-electron chi connectivity index (χ3n) is 11.6. The molecule has 0 bridgehead atoms. The predicted molar refractivity (Wildman–Crippen MR) is 253 cm³/mol. The highest BCUT2D eigenvalue weighted by molar-refractivity contribution is 5.88. The Kier molecular flexibility index (Phi) is 12.8. The molecule has 0 heteroatoms. The fraction of sp³-hybridized carbons (Fsp3) is 0.138. The zero-order valence-corrected chi connectivity index (χ0v) is 34.9. The fourth-order valence-corrected chi connectivity index (χ4v) is 7.63. The largest absolute Gasteiger partial charge is 0.0622 e. The molecule has 58 heavy (non-hydrogen) atoms. The van der Waals surface area contributed by atoms with Crippen LogP contribution in [0, 0.1) is 34.6 Å². The first-order valence-electron chi connectivity index (χ1n) is 20.6. The lowest BCUT2D eigenvalue weighted by molar-refractivity contribution is 1.10. The highest BCUT2D eigenvalue weighted by Crippen LogP contribution is 2.33. The molecule has 0 nitrogen and oxygen atoms in total. The number of benzene rings is 7. The lowest BCUT2D eigenvalue weighted by Gasteiger charge is -2.17. The Morgan fingerprint density at radius 1 is 0.448 bits per heavy atom. The number of rotatable bonds is 12. The molecule has 286 valence electrons. The summed E-state index contributed by atoms with van der Waals surface area (Å²) in [6.07, 6.45) is 15.7. The molecule has 7 rings (SSSR count). The first-order valence-corrected chi connectivity index (χ1v) is 20.6. The van der Waals surface area contributed by atoms with Crippen LogP contribution >= 0.6 is 0 Å². The lowest BCUT2D eigenvalue weighted by Crippen LogP contribution is -1.98. The minimum atomic E-state index is 0.932. The monoisotopic (exact) mass is 750 g/mol. The molecule has 0 N–H and O–H groups in total. The summed E-state index contributed by atoms with van der Waals surface area (Å²) in [5.41, 5.74) is 22.7. The molecule has 0 saturated heterocycles. The van der Waals surface area contributed by atoms with E-state index in [9.17, 15) is 0 Å². The van der Waals surface area contributed by atoms with Gasteiger partial charge in [-0.1, -0.05) is 207 Å². The maximum atomic E-state index is 2.39. The Hall–Kier alpha value is -6.50. The summed E-state index contributed by atoms with van der Waals surface area (Å²) in [6.45, 7) is 13.4. The molecule has 0 aliphatic carbocycles. The molecule has 7 aromatic rings. The number of allylic oxidation sites excluding steroid dienone is 5. The first kappa shape index (κ1) is 39.7. The Morgan fingerprint density at radius 3 is 1.59 bits per heavy atom. The van der Waals surface area contributed by atoms with Crippen LogP contribution in [0.15, 0.2) is 182 Å². The topological polar surface area (TPSA) is 0 Å². The normalized spacial score (nSPS) is 12.2. The second kappa shape index (κ2) is 18.6. The second-order valence-corrected chi connectivity index (χ2v) is 15.5. The van der Waals surface area contributed by atoms with Crippen molar-refractivity contribution in [1.82, 2.24) is 0 Å². The average molecular weight is 751 g/mol. The Labute approximate surface area is 347 Å². The molecule has 0 spiro atoms. The first-order chi connectivity index (χ1) is 28.2. The van der Waals surface area contributed by atoms with Crippen molar-refractivity contribution < 1.29 is 0 Å². The Bertz CT molecular complexity index is 2590. The number of aryl methyl sites for hydroxylation is 3. The van der Waals surface area contributed by atoms with Gasteiger partial charge < -0.3 is 0 Å². The van der Waals surface area contributed by atoms with E-state index in [1.165, 1.54) is 83.5 Å². The summed E-state index contributed by atoms with van der Waals surface area (Å²) < 4.78 is 0. The lowest BCUT2D eigenvalue weighted by atomic mass is 9.87. The van der Waals surface area contributed by atoms with Crippen LogP contribution in [0.4, 0.5) is 0 Å². The van der Waals surface area contributed by atoms with E-state index < -0.39 is 0 Å². The molecular weight excluding hydrogens is 697 g/mol. The number of hydrogen-bond acceptors (Lipinski definition) is 0. The average Bonchev–Trinajstić information content (AvgIpc) is 3.26. The number of hydrogen-bond donors (Lipinski definition) is 0. The highest BCUT2D eigenvalue weighted by atomic mass is 14.2. The summed E-state index contributed by atoms with van der Waals surface area (Å²) in [7, 11) is 0. The Balaban J connectivity index is 1.33. The summed E-state index contributed by atoms with van der Waals surface area (Å²) in [4.78, 5) is 0. The van der Waals surface area contributed by atoms with Crippen molar-refractivity contribution in [3.8, 4) is 22.3 Å². The smallest absolute Gasteiger partial charge is 0.00257 e. The van der Waals surface area contributed by atoms with Gasteiger partial charge in [0.1, 0.15) is 0 Å². The maximum absolute atomic E-state index is 2.39. The second-order valence-electron chi connectivity index (χ2n) is 15.5. The summed E-state index contributed by atoms with van der Waals surface area (Å²) in [5, 5.41) is 0. The van der Waals surface area contributed by atoms with E-state index in [1.807, 2.05) is 0 Å². The van der Waals surface area contributed by atoms with Crippen LogP contribution in [0.3, 0.4) is 0 Å². The molecule has 0 saturated carbocycles. The van der Waals surface area contributed by atoms with Gasteiger partial charge in [-0.25, -0.2) is 0 Å². The van der Waals surface area contributed by atoms with E-state index in [2.05, 4.69) is 236 Å². The van der Waals surface area contributed by atoms with E-state index in [0.717, 1.165) is 29.5 Å². The van der Waals surface area contributed by atoms with Crippen LogP contribution < -0.4 is 0 Å². The minimum absolute atomic E-state index is 0.932. The standard InChI is InChI=1S/C58H54/c1-7-50-40-49(39-48-14-10-8-11-15-48)25-33-52(50)35-36-56(34-24-46-20-31-55(32-21-46)53-27-18-41(2)19-28-53)57(58-38-42(3)43(4)44(5)45(58)6)37-26-47-22-29-54(30-23-47)51-16-12-9-13-17-51/h8-38,40H,7,39H2,1-6H3. The molecule has 0 atom stereocenters.